The van der Waals surface area contributed by atoms with Crippen molar-refractivity contribution in [3.8, 4) is 0 Å². The van der Waals surface area contributed by atoms with Crippen LogP contribution in [0.1, 0.15) is 17.0 Å². The van der Waals surface area contributed by atoms with Crippen molar-refractivity contribution in [1.82, 2.24) is 4.98 Å². The number of amidine groups is 1. The van der Waals surface area contributed by atoms with Gasteiger partial charge in [0.05, 0.1) is 30.2 Å². The SMILES string of the molecule is COCCN(CCOC)c1cc(C)nc(C)c1C(=N)N. The molecule has 20 heavy (non-hydrogen) atoms. The molecule has 0 unspecified atom stereocenters. The Bertz CT molecular complexity index is 455. The van der Waals surface area contributed by atoms with Gasteiger partial charge in [-0.15, -0.1) is 0 Å². The molecule has 3 N–H and O–H groups in total. The molecule has 0 bridgehead atoms. The Morgan fingerprint density at radius 2 is 1.80 bits per heavy atom. The Hall–Kier alpha value is -1.66. The number of nitrogens with zero attached hydrogens (tertiary/aromatic N) is 2. The van der Waals surface area contributed by atoms with Crippen LogP contribution in [0.5, 0.6) is 0 Å². The minimum Gasteiger partial charge on any atom is -0.384 e. The second-order valence-electron chi connectivity index (χ2n) is 4.63. The van der Waals surface area contributed by atoms with Crippen molar-refractivity contribution in [3.05, 3.63) is 23.0 Å². The summed E-state index contributed by atoms with van der Waals surface area (Å²) < 4.78 is 10.3. The lowest BCUT2D eigenvalue weighted by Gasteiger charge is -2.27. The highest BCUT2D eigenvalue weighted by Crippen LogP contribution is 2.23. The summed E-state index contributed by atoms with van der Waals surface area (Å²) in [4.78, 5) is 6.50. The van der Waals surface area contributed by atoms with E-state index in [1.165, 1.54) is 0 Å². The predicted octanol–water partition coefficient (Wildman–Crippen LogP) is 1.08. The van der Waals surface area contributed by atoms with Crippen molar-refractivity contribution in [3.63, 3.8) is 0 Å². The number of rotatable bonds is 8. The topological polar surface area (TPSA) is 84.5 Å². The van der Waals surface area contributed by atoms with Crippen LogP contribution >= 0.6 is 0 Å². The van der Waals surface area contributed by atoms with E-state index in [0.29, 0.717) is 31.9 Å². The highest BCUT2D eigenvalue weighted by Gasteiger charge is 2.17. The number of nitrogen functional groups attached to an aromatic ring is 1. The lowest BCUT2D eigenvalue weighted by molar-refractivity contribution is 0.190. The minimum atomic E-state index is 0.0323. The quantitative estimate of drug-likeness (QED) is 0.550. The van der Waals surface area contributed by atoms with Gasteiger partial charge >= 0.3 is 0 Å². The molecule has 0 saturated carbocycles. The van der Waals surface area contributed by atoms with E-state index in [-0.39, 0.29) is 5.84 Å². The number of aromatic nitrogens is 1. The zero-order valence-corrected chi connectivity index (χ0v) is 12.7. The van der Waals surface area contributed by atoms with Crippen LogP contribution in [-0.2, 0) is 9.47 Å². The van der Waals surface area contributed by atoms with Gasteiger partial charge in [0, 0.05) is 33.0 Å². The molecular weight excluding hydrogens is 256 g/mol. The lowest BCUT2D eigenvalue weighted by atomic mass is 10.1. The van der Waals surface area contributed by atoms with Gasteiger partial charge in [-0.2, -0.15) is 0 Å². The van der Waals surface area contributed by atoms with Gasteiger partial charge in [-0.3, -0.25) is 10.4 Å². The van der Waals surface area contributed by atoms with E-state index in [0.717, 1.165) is 17.1 Å². The van der Waals surface area contributed by atoms with E-state index in [1.807, 2.05) is 19.9 Å². The molecule has 0 saturated heterocycles. The minimum absolute atomic E-state index is 0.0323. The third kappa shape index (κ3) is 4.18. The molecule has 0 atom stereocenters. The highest BCUT2D eigenvalue weighted by molar-refractivity contribution is 6.01. The van der Waals surface area contributed by atoms with Crippen LogP contribution in [0.2, 0.25) is 0 Å². The van der Waals surface area contributed by atoms with Gasteiger partial charge in [0.25, 0.3) is 0 Å². The molecular formula is C14H24N4O2. The molecule has 0 aliphatic carbocycles. The van der Waals surface area contributed by atoms with E-state index in [2.05, 4.69) is 9.88 Å². The van der Waals surface area contributed by atoms with Gasteiger partial charge in [-0.25, -0.2) is 0 Å². The summed E-state index contributed by atoms with van der Waals surface area (Å²) in [6.45, 7) is 6.43. The predicted molar refractivity (Wildman–Crippen MR) is 80.7 cm³/mol. The fraction of sp³-hybridized carbons (Fsp3) is 0.571. The smallest absolute Gasteiger partial charge is 0.126 e. The van der Waals surface area contributed by atoms with E-state index in [4.69, 9.17) is 20.6 Å². The molecule has 1 rings (SSSR count). The van der Waals surface area contributed by atoms with Crippen molar-refractivity contribution in [1.29, 1.82) is 5.41 Å². The molecule has 1 aromatic heterocycles. The van der Waals surface area contributed by atoms with Gasteiger partial charge in [0.1, 0.15) is 5.84 Å². The first-order chi connectivity index (χ1) is 9.51. The number of hydrogen-bond acceptors (Lipinski definition) is 5. The van der Waals surface area contributed by atoms with Crippen molar-refractivity contribution in [2.75, 3.05) is 45.4 Å². The largest absolute Gasteiger partial charge is 0.384 e. The van der Waals surface area contributed by atoms with Gasteiger partial charge in [0.15, 0.2) is 0 Å². The maximum absolute atomic E-state index is 7.78. The van der Waals surface area contributed by atoms with Crippen LogP contribution < -0.4 is 10.6 Å². The van der Waals surface area contributed by atoms with Crippen LogP contribution in [-0.4, -0.2) is 51.3 Å². The summed E-state index contributed by atoms with van der Waals surface area (Å²) in [5.41, 5.74) is 8.99. The van der Waals surface area contributed by atoms with Crippen LogP contribution in [0.25, 0.3) is 0 Å². The third-order valence-corrected chi connectivity index (χ3v) is 3.05. The zero-order valence-electron chi connectivity index (χ0n) is 12.7. The summed E-state index contributed by atoms with van der Waals surface area (Å²) in [6.07, 6.45) is 0. The molecule has 0 aliphatic rings. The monoisotopic (exact) mass is 280 g/mol. The van der Waals surface area contributed by atoms with E-state index in [1.54, 1.807) is 14.2 Å². The maximum Gasteiger partial charge on any atom is 0.126 e. The fourth-order valence-corrected chi connectivity index (χ4v) is 2.15. The molecule has 0 aromatic carbocycles. The number of methoxy groups -OCH3 is 2. The average molecular weight is 280 g/mol. The summed E-state index contributed by atoms with van der Waals surface area (Å²) in [6, 6.07) is 1.95. The van der Waals surface area contributed by atoms with Gasteiger partial charge in [-0.1, -0.05) is 0 Å². The lowest BCUT2D eigenvalue weighted by Crippen LogP contribution is -2.33. The molecule has 0 radical (unpaired) electrons. The standard InChI is InChI=1S/C14H24N4O2/c1-10-9-12(13(14(15)16)11(2)17-10)18(5-7-19-3)6-8-20-4/h9H,5-8H2,1-4H3,(H3,15,16). The second kappa shape index (κ2) is 7.81. The number of pyridine rings is 1. The third-order valence-electron chi connectivity index (χ3n) is 3.05. The second-order valence-corrected chi connectivity index (χ2v) is 4.63. The number of nitrogens with one attached hydrogen (secondary N) is 1. The molecule has 112 valence electrons. The Morgan fingerprint density at radius 3 is 2.25 bits per heavy atom. The number of ether oxygens (including phenoxy) is 2. The summed E-state index contributed by atoms with van der Waals surface area (Å²) in [5, 5.41) is 7.78. The maximum atomic E-state index is 7.78. The van der Waals surface area contributed by atoms with Crippen LogP contribution in [0, 0.1) is 19.3 Å². The fourth-order valence-electron chi connectivity index (χ4n) is 2.15. The normalized spacial score (nSPS) is 10.6. The van der Waals surface area contributed by atoms with Crippen LogP contribution in [0.3, 0.4) is 0 Å². The number of anilines is 1. The number of hydrogen-bond donors (Lipinski definition) is 2. The Balaban J connectivity index is 3.18. The van der Waals surface area contributed by atoms with E-state index in [9.17, 15) is 0 Å². The molecule has 6 heteroatoms. The van der Waals surface area contributed by atoms with E-state index >= 15 is 0 Å². The molecule has 0 aliphatic heterocycles. The van der Waals surface area contributed by atoms with E-state index < -0.39 is 0 Å². The number of nitrogens with two attached hydrogens (primary N) is 1. The molecule has 0 spiro atoms. The van der Waals surface area contributed by atoms with Gasteiger partial charge in [0.2, 0.25) is 0 Å². The Labute approximate surface area is 120 Å². The van der Waals surface area contributed by atoms with Crippen molar-refractivity contribution in [2.24, 2.45) is 5.73 Å². The summed E-state index contributed by atoms with van der Waals surface area (Å²) in [7, 11) is 3.34. The summed E-state index contributed by atoms with van der Waals surface area (Å²) in [5.74, 6) is 0.0323. The first kappa shape index (κ1) is 16.4. The molecule has 1 heterocycles. The van der Waals surface area contributed by atoms with Crippen LogP contribution in [0.15, 0.2) is 6.07 Å². The van der Waals surface area contributed by atoms with Crippen LogP contribution in [0.4, 0.5) is 5.69 Å². The van der Waals surface area contributed by atoms with Crippen molar-refractivity contribution >= 4 is 11.5 Å². The Morgan fingerprint density at radius 1 is 1.25 bits per heavy atom. The van der Waals surface area contributed by atoms with Gasteiger partial charge in [-0.05, 0) is 19.9 Å². The average Bonchev–Trinajstić information content (AvgIpc) is 2.37. The Kier molecular flexibility index (Phi) is 6.41. The highest BCUT2D eigenvalue weighted by atomic mass is 16.5. The molecule has 6 nitrogen and oxygen atoms in total. The summed E-state index contributed by atoms with van der Waals surface area (Å²) >= 11 is 0. The first-order valence-corrected chi connectivity index (χ1v) is 6.56. The molecule has 1 aromatic rings. The van der Waals surface area contributed by atoms with Crippen molar-refractivity contribution < 1.29 is 9.47 Å². The zero-order chi connectivity index (χ0) is 15.1. The number of aryl methyl sites for hydroxylation is 2. The molecule has 0 amide bonds. The first-order valence-electron chi connectivity index (χ1n) is 6.56. The van der Waals surface area contributed by atoms with Gasteiger partial charge < -0.3 is 20.1 Å². The molecule has 0 fully saturated rings. The van der Waals surface area contributed by atoms with Crippen molar-refractivity contribution in [2.45, 2.75) is 13.8 Å².